The molecular weight excluding hydrogens is 455 g/mol. The van der Waals surface area contributed by atoms with E-state index in [9.17, 15) is 22.4 Å². The van der Waals surface area contributed by atoms with Gasteiger partial charge in [-0.25, -0.2) is 17.6 Å². The number of ether oxygens (including phenoxy) is 1. The van der Waals surface area contributed by atoms with Gasteiger partial charge in [0, 0.05) is 18.8 Å². The van der Waals surface area contributed by atoms with E-state index in [1.54, 1.807) is 0 Å². The first kappa shape index (κ1) is 22.7. The molecule has 0 radical (unpaired) electrons. The third-order valence-electron chi connectivity index (χ3n) is 4.59. The smallest absolute Gasteiger partial charge is 0.350 e. The van der Waals surface area contributed by atoms with Crippen molar-refractivity contribution in [1.82, 2.24) is 4.31 Å². The van der Waals surface area contributed by atoms with Crippen LogP contribution in [0.2, 0.25) is 5.02 Å². The first-order chi connectivity index (χ1) is 14.2. The number of nitrogens with zero attached hydrogens (tertiary/aromatic N) is 1. The van der Waals surface area contributed by atoms with Crippen molar-refractivity contribution in [3.8, 4) is 0 Å². The molecule has 11 heteroatoms. The molecule has 162 valence electrons. The van der Waals surface area contributed by atoms with Crippen LogP contribution in [0.4, 0.5) is 10.1 Å². The van der Waals surface area contributed by atoms with Gasteiger partial charge >= 0.3 is 5.97 Å². The maximum absolute atomic E-state index is 13.2. The summed E-state index contributed by atoms with van der Waals surface area (Å²) in [5.74, 6) is -2.20. The molecular formula is C19H20ClFN2O5S2. The summed E-state index contributed by atoms with van der Waals surface area (Å²) >= 11 is 6.62. The number of hydrogen-bond donors (Lipinski definition) is 1. The average Bonchev–Trinajstić information content (AvgIpc) is 3.22. The van der Waals surface area contributed by atoms with Crippen LogP contribution in [0.3, 0.4) is 0 Å². The van der Waals surface area contributed by atoms with E-state index in [0.717, 1.165) is 36.7 Å². The first-order valence-corrected chi connectivity index (χ1v) is 11.9. The van der Waals surface area contributed by atoms with Crippen LogP contribution < -0.4 is 5.32 Å². The number of nitrogens with one attached hydrogen (secondary N) is 1. The average molecular weight is 475 g/mol. The summed E-state index contributed by atoms with van der Waals surface area (Å²) in [6.07, 6.45) is 1.30. The number of carbonyl (C=O) groups excluding carboxylic acids is 2. The molecule has 1 atom stereocenters. The third-order valence-corrected chi connectivity index (χ3v) is 7.84. The number of esters is 1. The largest absolute Gasteiger partial charge is 0.448 e. The number of rotatable bonds is 6. The van der Waals surface area contributed by atoms with E-state index in [1.165, 1.54) is 34.8 Å². The molecule has 0 unspecified atom stereocenters. The predicted octanol–water partition coefficient (Wildman–Crippen LogP) is 3.90. The van der Waals surface area contributed by atoms with E-state index >= 15 is 0 Å². The number of amides is 1. The van der Waals surface area contributed by atoms with Gasteiger partial charge < -0.3 is 10.1 Å². The lowest BCUT2D eigenvalue weighted by Crippen LogP contribution is -2.36. The van der Waals surface area contributed by atoms with Crippen molar-refractivity contribution in [2.45, 2.75) is 37.2 Å². The van der Waals surface area contributed by atoms with Gasteiger partial charge in [0.1, 0.15) is 15.6 Å². The summed E-state index contributed by atoms with van der Waals surface area (Å²) in [6.45, 7) is 2.17. The zero-order valence-electron chi connectivity index (χ0n) is 16.1. The van der Waals surface area contributed by atoms with Crippen molar-refractivity contribution in [2.75, 3.05) is 18.4 Å². The van der Waals surface area contributed by atoms with Gasteiger partial charge in [-0.05, 0) is 49.4 Å². The monoisotopic (exact) mass is 474 g/mol. The highest BCUT2D eigenvalue weighted by Crippen LogP contribution is 2.28. The lowest BCUT2D eigenvalue weighted by molar-refractivity contribution is -0.123. The molecule has 0 spiro atoms. The van der Waals surface area contributed by atoms with Crippen LogP contribution in [-0.4, -0.2) is 43.8 Å². The summed E-state index contributed by atoms with van der Waals surface area (Å²) in [5, 5.41) is 3.80. The Labute approximate surface area is 182 Å². The third kappa shape index (κ3) is 5.00. The van der Waals surface area contributed by atoms with E-state index in [-0.39, 0.29) is 20.5 Å². The molecule has 1 aromatic heterocycles. The SMILES string of the molecule is C[C@H](OC(=O)c1sccc1S(=O)(=O)N1CCCCC1)C(=O)Nc1ccc(F)c(Cl)c1. The van der Waals surface area contributed by atoms with Gasteiger partial charge in [0.2, 0.25) is 10.0 Å². The van der Waals surface area contributed by atoms with Gasteiger partial charge in [0.15, 0.2) is 6.10 Å². The molecule has 2 heterocycles. The standard InChI is InChI=1S/C19H20ClFN2O5S2/c1-12(18(24)22-13-5-6-15(21)14(20)11-13)28-19(25)17-16(7-10-29-17)30(26,27)23-8-3-2-4-9-23/h5-7,10-12H,2-4,8-9H2,1H3,(H,22,24)/t12-/m0/s1. The summed E-state index contributed by atoms with van der Waals surface area (Å²) in [4.78, 5) is 24.7. The molecule has 0 saturated carbocycles. The molecule has 1 amide bonds. The molecule has 1 saturated heterocycles. The van der Waals surface area contributed by atoms with Crippen LogP contribution in [0.5, 0.6) is 0 Å². The van der Waals surface area contributed by atoms with Crippen LogP contribution in [0.25, 0.3) is 0 Å². The molecule has 1 aliphatic heterocycles. The Morgan fingerprint density at radius 2 is 1.93 bits per heavy atom. The van der Waals surface area contributed by atoms with Gasteiger partial charge in [0.25, 0.3) is 5.91 Å². The molecule has 7 nitrogen and oxygen atoms in total. The highest BCUT2D eigenvalue weighted by Gasteiger charge is 2.32. The van der Waals surface area contributed by atoms with Crippen molar-refractivity contribution in [1.29, 1.82) is 0 Å². The van der Waals surface area contributed by atoms with Gasteiger partial charge in [-0.2, -0.15) is 4.31 Å². The van der Waals surface area contributed by atoms with Crippen LogP contribution in [0.15, 0.2) is 34.5 Å². The molecule has 1 fully saturated rings. The Hall–Kier alpha value is -2.01. The number of thiophene rings is 1. The second kappa shape index (κ2) is 9.42. The second-order valence-electron chi connectivity index (χ2n) is 6.74. The van der Waals surface area contributed by atoms with Crippen molar-refractivity contribution < 1.29 is 27.1 Å². The van der Waals surface area contributed by atoms with Crippen LogP contribution in [0.1, 0.15) is 35.9 Å². The number of hydrogen-bond acceptors (Lipinski definition) is 6. The van der Waals surface area contributed by atoms with Gasteiger partial charge in [-0.1, -0.05) is 18.0 Å². The lowest BCUT2D eigenvalue weighted by atomic mass is 10.2. The van der Waals surface area contributed by atoms with Gasteiger partial charge in [0.05, 0.1) is 5.02 Å². The number of halogens is 2. The minimum Gasteiger partial charge on any atom is -0.448 e. The quantitative estimate of drug-likeness (QED) is 0.641. The highest BCUT2D eigenvalue weighted by atomic mass is 35.5. The van der Waals surface area contributed by atoms with Crippen LogP contribution in [0, 0.1) is 5.82 Å². The Bertz CT molecular complexity index is 1050. The molecule has 2 aromatic rings. The Morgan fingerprint density at radius 1 is 1.23 bits per heavy atom. The van der Waals surface area contributed by atoms with E-state index in [1.807, 2.05) is 0 Å². The van der Waals surface area contributed by atoms with E-state index in [0.29, 0.717) is 13.1 Å². The van der Waals surface area contributed by atoms with Crippen molar-refractivity contribution in [3.05, 3.63) is 45.4 Å². The Kier molecular flexibility index (Phi) is 7.12. The number of sulfonamides is 1. The van der Waals surface area contributed by atoms with Crippen molar-refractivity contribution >= 4 is 50.5 Å². The summed E-state index contributed by atoms with van der Waals surface area (Å²) in [7, 11) is -3.82. The Balaban J connectivity index is 1.69. The topological polar surface area (TPSA) is 92.8 Å². The first-order valence-electron chi connectivity index (χ1n) is 9.24. The van der Waals surface area contributed by atoms with Crippen molar-refractivity contribution in [3.63, 3.8) is 0 Å². The predicted molar refractivity (Wildman–Crippen MR) is 112 cm³/mol. The number of anilines is 1. The van der Waals surface area contributed by atoms with Crippen LogP contribution in [-0.2, 0) is 19.6 Å². The fourth-order valence-corrected chi connectivity index (χ4v) is 5.95. The Morgan fingerprint density at radius 3 is 2.60 bits per heavy atom. The molecule has 30 heavy (non-hydrogen) atoms. The van der Waals surface area contributed by atoms with Gasteiger partial charge in [-0.3, -0.25) is 4.79 Å². The summed E-state index contributed by atoms with van der Waals surface area (Å²) < 4.78 is 45.6. The zero-order chi connectivity index (χ0) is 21.9. The molecule has 0 aliphatic carbocycles. The fourth-order valence-electron chi connectivity index (χ4n) is 2.98. The summed E-state index contributed by atoms with van der Waals surface area (Å²) in [5.41, 5.74) is 0.235. The van der Waals surface area contributed by atoms with E-state index in [4.69, 9.17) is 16.3 Å². The minimum absolute atomic E-state index is 0.0787. The molecule has 0 bridgehead atoms. The summed E-state index contributed by atoms with van der Waals surface area (Å²) in [6, 6.07) is 5.01. The maximum atomic E-state index is 13.2. The van der Waals surface area contributed by atoms with Crippen molar-refractivity contribution in [2.24, 2.45) is 0 Å². The molecule has 1 aromatic carbocycles. The van der Waals surface area contributed by atoms with E-state index < -0.39 is 33.8 Å². The fraction of sp³-hybridized carbons (Fsp3) is 0.368. The normalized spacial score (nSPS) is 16.1. The molecule has 1 N–H and O–H groups in total. The highest BCUT2D eigenvalue weighted by molar-refractivity contribution is 7.89. The number of piperidine rings is 1. The maximum Gasteiger partial charge on any atom is 0.350 e. The lowest BCUT2D eigenvalue weighted by Gasteiger charge is -2.25. The van der Waals surface area contributed by atoms with Gasteiger partial charge in [-0.15, -0.1) is 11.3 Å². The minimum atomic E-state index is -3.82. The number of benzene rings is 1. The van der Waals surface area contributed by atoms with Crippen LogP contribution >= 0.6 is 22.9 Å². The molecule has 3 rings (SSSR count). The van der Waals surface area contributed by atoms with E-state index in [2.05, 4.69) is 5.32 Å². The second-order valence-corrected chi connectivity index (χ2v) is 9.97. The number of carbonyl (C=O) groups is 2. The molecule has 1 aliphatic rings. The zero-order valence-corrected chi connectivity index (χ0v) is 18.4.